The van der Waals surface area contributed by atoms with E-state index in [1.165, 1.54) is 16.8 Å². The molecule has 0 spiro atoms. The normalized spacial score (nSPS) is 16.1. The molecule has 2 aromatic rings. The summed E-state index contributed by atoms with van der Waals surface area (Å²) in [5, 5.41) is 15.6. The second kappa shape index (κ2) is 12.2. The van der Waals surface area contributed by atoms with E-state index in [0.717, 1.165) is 21.9 Å². The van der Waals surface area contributed by atoms with Crippen LogP contribution in [0.5, 0.6) is 17.2 Å². The van der Waals surface area contributed by atoms with E-state index >= 15 is 0 Å². The zero-order chi connectivity index (χ0) is 27.4. The smallest absolute Gasteiger partial charge is 0.283 e. The number of ether oxygens (including phenoxy) is 3. The third kappa shape index (κ3) is 6.13. The molecule has 0 saturated carbocycles. The molecule has 2 aromatic carbocycles. The van der Waals surface area contributed by atoms with Crippen LogP contribution in [-0.4, -0.2) is 46.8 Å². The first-order chi connectivity index (χ1) is 18.2. The summed E-state index contributed by atoms with van der Waals surface area (Å²) < 4.78 is 18.6. The first-order valence-electron chi connectivity index (χ1n) is 12.5. The fourth-order valence-electron chi connectivity index (χ4n) is 3.95. The number of hydrogen-bond acceptors (Lipinski definition) is 7. The van der Waals surface area contributed by atoms with Crippen LogP contribution in [0.3, 0.4) is 0 Å². The van der Waals surface area contributed by atoms with E-state index in [1.807, 2.05) is 32.9 Å². The molecule has 1 amide bonds. The number of carbonyl (C=O) groups is 1. The van der Waals surface area contributed by atoms with E-state index in [0.29, 0.717) is 58.9 Å². The number of hydrogen-bond donors (Lipinski definition) is 1. The average Bonchev–Trinajstić information content (AvgIpc) is 3.29. The number of aliphatic imine (C=N–C) groups is 1. The molecule has 200 valence electrons. The number of nitrogens with zero attached hydrogens (tertiary/aromatic N) is 3. The summed E-state index contributed by atoms with van der Waals surface area (Å²) in [6, 6.07) is 9.85. The van der Waals surface area contributed by atoms with Crippen molar-refractivity contribution in [1.82, 2.24) is 5.01 Å². The van der Waals surface area contributed by atoms with E-state index < -0.39 is 5.91 Å². The largest absolute Gasteiger partial charge is 0.490 e. The van der Waals surface area contributed by atoms with Gasteiger partial charge in [0.25, 0.3) is 5.91 Å². The van der Waals surface area contributed by atoms with Crippen LogP contribution in [-0.2, 0) is 4.79 Å². The number of fused-ring (bicyclic) bond motifs is 1. The maximum absolute atomic E-state index is 12.7. The molecule has 8 nitrogen and oxygen atoms in total. The van der Waals surface area contributed by atoms with E-state index in [-0.39, 0.29) is 11.4 Å². The molecule has 0 atom stereocenters. The number of thioether (sulfide) groups is 1. The quantitative estimate of drug-likeness (QED) is 0.239. The van der Waals surface area contributed by atoms with E-state index in [4.69, 9.17) is 19.6 Å². The number of amides is 1. The number of hydrazone groups is 1. The Morgan fingerprint density at radius 2 is 1.87 bits per heavy atom. The highest BCUT2D eigenvalue weighted by atomic mass is 79.9. The van der Waals surface area contributed by atoms with Crippen LogP contribution in [0.25, 0.3) is 6.08 Å². The van der Waals surface area contributed by atoms with Gasteiger partial charge in [-0.1, -0.05) is 32.9 Å². The van der Waals surface area contributed by atoms with Gasteiger partial charge in [-0.15, -0.1) is 0 Å². The first-order valence-corrected chi connectivity index (χ1v) is 14.1. The Morgan fingerprint density at radius 1 is 1.11 bits per heavy atom. The molecule has 10 heteroatoms. The summed E-state index contributed by atoms with van der Waals surface area (Å²) in [5.74, 6) is 1.82. The van der Waals surface area contributed by atoms with Gasteiger partial charge < -0.3 is 14.2 Å². The lowest BCUT2D eigenvalue weighted by atomic mass is 10.0. The SMILES string of the molecule is CCOc1cc(C=C2C(=N)N3N=C(CC)SC3=NC2=O)cc(Br)c1OCCOc1cc(C)ccc1C(C)C. The number of benzene rings is 2. The standard InChI is InChI=1S/C28H31BrN4O4S/c1-6-24-32-33-26(30)20(27(34)31-28(33)38-24)13-18-14-21(29)25(23(15-18)35-7-2)37-11-10-36-22-12-17(5)8-9-19(22)16(3)4/h8-9,12-16,30H,6-7,10-11H2,1-5H3. The third-order valence-corrected chi connectivity index (χ3v) is 7.46. The fraction of sp³-hybridized carbons (Fsp3) is 0.357. The molecule has 2 aliphatic rings. The molecule has 38 heavy (non-hydrogen) atoms. The van der Waals surface area contributed by atoms with Crippen molar-refractivity contribution in [2.75, 3.05) is 19.8 Å². The summed E-state index contributed by atoms with van der Waals surface area (Å²) in [6.45, 7) is 11.3. The lowest BCUT2D eigenvalue weighted by Crippen LogP contribution is -2.35. The molecule has 0 aliphatic carbocycles. The molecular weight excluding hydrogens is 568 g/mol. The first kappa shape index (κ1) is 27.9. The van der Waals surface area contributed by atoms with E-state index in [1.54, 1.807) is 12.1 Å². The summed E-state index contributed by atoms with van der Waals surface area (Å²) >= 11 is 4.90. The Labute approximate surface area is 235 Å². The summed E-state index contributed by atoms with van der Waals surface area (Å²) in [5.41, 5.74) is 3.13. The Hall–Kier alpha value is -3.11. The summed E-state index contributed by atoms with van der Waals surface area (Å²) in [4.78, 5) is 16.8. The Morgan fingerprint density at radius 3 is 2.58 bits per heavy atom. The lowest BCUT2D eigenvalue weighted by molar-refractivity contribution is -0.114. The van der Waals surface area contributed by atoms with Gasteiger partial charge in [0.2, 0.25) is 5.17 Å². The van der Waals surface area contributed by atoms with Gasteiger partial charge >= 0.3 is 0 Å². The van der Waals surface area contributed by atoms with E-state index in [2.05, 4.69) is 52.0 Å². The zero-order valence-corrected chi connectivity index (χ0v) is 24.5. The average molecular weight is 600 g/mol. The van der Waals surface area contributed by atoms with Crippen molar-refractivity contribution < 1.29 is 19.0 Å². The highest BCUT2D eigenvalue weighted by Gasteiger charge is 2.35. The maximum Gasteiger partial charge on any atom is 0.283 e. The van der Waals surface area contributed by atoms with Crippen LogP contribution in [0.4, 0.5) is 0 Å². The molecule has 0 unspecified atom stereocenters. The van der Waals surface area contributed by atoms with Crippen LogP contribution in [0.15, 0.2) is 50.5 Å². The van der Waals surface area contributed by atoms with Gasteiger partial charge in [-0.2, -0.15) is 15.1 Å². The Bertz CT molecular complexity index is 1350. The van der Waals surface area contributed by atoms with Crippen LogP contribution in [0.1, 0.15) is 56.7 Å². The van der Waals surface area contributed by atoms with Crippen LogP contribution >= 0.6 is 27.7 Å². The third-order valence-electron chi connectivity index (χ3n) is 5.82. The second-order valence-electron chi connectivity index (χ2n) is 9.02. The number of rotatable bonds is 10. The molecule has 0 bridgehead atoms. The highest BCUT2D eigenvalue weighted by Crippen LogP contribution is 2.38. The summed E-state index contributed by atoms with van der Waals surface area (Å²) in [6.07, 6.45) is 2.34. The van der Waals surface area contributed by atoms with Crippen molar-refractivity contribution in [2.45, 2.75) is 47.0 Å². The molecule has 0 radical (unpaired) electrons. The van der Waals surface area contributed by atoms with Crippen LogP contribution in [0.2, 0.25) is 0 Å². The Balaban J connectivity index is 1.51. The molecule has 4 rings (SSSR count). The van der Waals surface area contributed by atoms with Gasteiger partial charge in [0.05, 0.1) is 16.7 Å². The molecule has 2 aliphatic heterocycles. The minimum atomic E-state index is -0.468. The zero-order valence-electron chi connectivity index (χ0n) is 22.1. The van der Waals surface area contributed by atoms with Crippen molar-refractivity contribution in [3.63, 3.8) is 0 Å². The van der Waals surface area contributed by atoms with Crippen molar-refractivity contribution >= 4 is 55.7 Å². The molecule has 0 aromatic heterocycles. The van der Waals surface area contributed by atoms with Gasteiger partial charge in [0.1, 0.15) is 24.0 Å². The monoisotopic (exact) mass is 598 g/mol. The van der Waals surface area contributed by atoms with Gasteiger partial charge in [0.15, 0.2) is 17.3 Å². The van der Waals surface area contributed by atoms with Gasteiger partial charge in [-0.3, -0.25) is 10.2 Å². The van der Waals surface area contributed by atoms with Crippen molar-refractivity contribution in [3.8, 4) is 17.2 Å². The van der Waals surface area contributed by atoms with Crippen LogP contribution < -0.4 is 14.2 Å². The Kier molecular flexibility index (Phi) is 8.94. The van der Waals surface area contributed by atoms with Crippen molar-refractivity contribution in [3.05, 3.63) is 57.1 Å². The topological polar surface area (TPSA) is 96.6 Å². The fourth-order valence-corrected chi connectivity index (χ4v) is 5.35. The summed E-state index contributed by atoms with van der Waals surface area (Å²) in [7, 11) is 0. The van der Waals surface area contributed by atoms with Gasteiger partial charge in [0, 0.05) is 0 Å². The number of aryl methyl sites for hydroxylation is 1. The molecule has 0 fully saturated rings. The predicted octanol–water partition coefficient (Wildman–Crippen LogP) is 6.77. The van der Waals surface area contributed by atoms with E-state index in [9.17, 15) is 4.79 Å². The maximum atomic E-state index is 12.7. The molecule has 0 saturated heterocycles. The molecule has 1 N–H and O–H groups in total. The van der Waals surface area contributed by atoms with Crippen molar-refractivity contribution in [1.29, 1.82) is 5.41 Å². The number of amidine groups is 2. The minimum Gasteiger partial charge on any atom is -0.490 e. The van der Waals surface area contributed by atoms with Crippen molar-refractivity contribution in [2.24, 2.45) is 10.1 Å². The number of nitrogens with one attached hydrogen (secondary N) is 1. The second-order valence-corrected chi connectivity index (χ2v) is 10.9. The van der Waals surface area contributed by atoms with Gasteiger partial charge in [-0.05, 0) is 94.8 Å². The van der Waals surface area contributed by atoms with Gasteiger partial charge in [-0.25, -0.2) is 0 Å². The number of carbonyl (C=O) groups excluding carboxylic acids is 1. The lowest BCUT2D eigenvalue weighted by Gasteiger charge is -2.20. The number of halogens is 1. The van der Waals surface area contributed by atoms with Crippen LogP contribution in [0, 0.1) is 12.3 Å². The molecule has 2 heterocycles. The molecular formula is C28H31BrN4O4S. The minimum absolute atomic E-state index is 0.000534. The highest BCUT2D eigenvalue weighted by molar-refractivity contribution is 9.10. The predicted molar refractivity (Wildman–Crippen MR) is 157 cm³/mol.